The first-order valence-electron chi connectivity index (χ1n) is 6.54. The zero-order valence-corrected chi connectivity index (χ0v) is 11.6. The van der Waals surface area contributed by atoms with Crippen molar-refractivity contribution in [1.29, 1.82) is 0 Å². The molecule has 18 heavy (non-hydrogen) atoms. The highest BCUT2D eigenvalue weighted by Gasteiger charge is 2.04. The second-order valence-electron chi connectivity index (χ2n) is 4.34. The molecule has 0 bridgehead atoms. The Hall–Kier alpha value is -1.58. The minimum absolute atomic E-state index is 0.614. The minimum Gasteiger partial charge on any atom is -0.477 e. The van der Waals surface area contributed by atoms with Gasteiger partial charge in [-0.05, 0) is 13.3 Å². The third kappa shape index (κ3) is 5.17. The van der Waals surface area contributed by atoms with Gasteiger partial charge in [0.1, 0.15) is 11.6 Å². The van der Waals surface area contributed by atoms with Crippen molar-refractivity contribution in [2.75, 3.05) is 18.5 Å². The molecule has 1 aromatic heterocycles. The summed E-state index contributed by atoms with van der Waals surface area (Å²) < 4.78 is 5.63. The van der Waals surface area contributed by atoms with Crippen LogP contribution < -0.4 is 10.1 Å². The number of aryl methyl sites for hydroxylation is 1. The number of nitrogens with one attached hydrogen (secondary N) is 1. The fraction of sp³-hybridized carbons (Fsp3) is 0.571. The highest BCUT2D eigenvalue weighted by atomic mass is 16.5. The maximum absolute atomic E-state index is 5.63. The van der Waals surface area contributed by atoms with Crippen molar-refractivity contribution >= 4 is 5.82 Å². The Balaban J connectivity index is 2.67. The summed E-state index contributed by atoms with van der Waals surface area (Å²) in [4.78, 5) is 8.77. The maximum Gasteiger partial charge on any atom is 0.218 e. The molecule has 0 aliphatic carbocycles. The van der Waals surface area contributed by atoms with Gasteiger partial charge in [-0.1, -0.05) is 19.4 Å². The molecule has 0 saturated carbocycles. The minimum atomic E-state index is 0.614. The van der Waals surface area contributed by atoms with Crippen LogP contribution in [0.3, 0.4) is 0 Å². The van der Waals surface area contributed by atoms with Crippen molar-refractivity contribution in [2.45, 2.75) is 40.0 Å². The zero-order valence-electron chi connectivity index (χ0n) is 11.6. The second-order valence-corrected chi connectivity index (χ2v) is 4.34. The quantitative estimate of drug-likeness (QED) is 0.719. The third-order valence-electron chi connectivity index (χ3n) is 2.40. The molecule has 1 N–H and O–H groups in total. The Morgan fingerprint density at radius 3 is 2.78 bits per heavy atom. The monoisotopic (exact) mass is 249 g/mol. The number of aromatic nitrogens is 2. The molecule has 1 aromatic rings. The molecule has 4 heteroatoms. The van der Waals surface area contributed by atoms with E-state index >= 15 is 0 Å². The summed E-state index contributed by atoms with van der Waals surface area (Å²) in [5.41, 5.74) is 1.11. The van der Waals surface area contributed by atoms with Crippen LogP contribution in [0.15, 0.2) is 18.2 Å². The van der Waals surface area contributed by atoms with E-state index in [-0.39, 0.29) is 0 Å². The van der Waals surface area contributed by atoms with E-state index < -0.39 is 0 Å². The molecule has 100 valence electrons. The molecule has 0 aliphatic heterocycles. The Morgan fingerprint density at radius 1 is 1.39 bits per heavy atom. The van der Waals surface area contributed by atoms with Crippen molar-refractivity contribution in [3.8, 4) is 5.88 Å². The Labute approximate surface area is 109 Å². The molecule has 4 nitrogen and oxygen atoms in total. The van der Waals surface area contributed by atoms with Crippen LogP contribution in [0.5, 0.6) is 5.88 Å². The first-order chi connectivity index (χ1) is 8.65. The van der Waals surface area contributed by atoms with Crippen LogP contribution >= 0.6 is 0 Å². The summed E-state index contributed by atoms with van der Waals surface area (Å²) in [5, 5.41) is 3.26. The van der Waals surface area contributed by atoms with Gasteiger partial charge in [0, 0.05) is 25.5 Å². The molecule has 0 atom stereocenters. The van der Waals surface area contributed by atoms with Crippen molar-refractivity contribution in [3.05, 3.63) is 24.0 Å². The van der Waals surface area contributed by atoms with Gasteiger partial charge in [-0.3, -0.25) is 0 Å². The maximum atomic E-state index is 5.63. The topological polar surface area (TPSA) is 47.0 Å². The van der Waals surface area contributed by atoms with Gasteiger partial charge in [-0.25, -0.2) is 4.98 Å². The molecule has 0 amide bonds. The van der Waals surface area contributed by atoms with E-state index in [1.54, 1.807) is 0 Å². The van der Waals surface area contributed by atoms with Crippen molar-refractivity contribution < 1.29 is 4.74 Å². The molecular formula is C14H23N3O. The van der Waals surface area contributed by atoms with E-state index in [2.05, 4.69) is 28.8 Å². The van der Waals surface area contributed by atoms with Gasteiger partial charge in [0.15, 0.2) is 0 Å². The molecular weight excluding hydrogens is 226 g/mol. The summed E-state index contributed by atoms with van der Waals surface area (Å²) in [6, 6.07) is 1.85. The molecule has 0 unspecified atom stereocenters. The molecule has 0 aromatic carbocycles. The van der Waals surface area contributed by atoms with Crippen LogP contribution in [-0.2, 0) is 6.42 Å². The van der Waals surface area contributed by atoms with E-state index in [9.17, 15) is 0 Å². The van der Waals surface area contributed by atoms with Crippen LogP contribution in [-0.4, -0.2) is 23.1 Å². The Morgan fingerprint density at radius 2 is 2.17 bits per heavy atom. The van der Waals surface area contributed by atoms with Crippen molar-refractivity contribution in [2.24, 2.45) is 0 Å². The molecule has 0 radical (unpaired) electrons. The van der Waals surface area contributed by atoms with E-state index in [0.717, 1.165) is 43.0 Å². The number of rotatable bonds is 8. The van der Waals surface area contributed by atoms with Crippen molar-refractivity contribution in [1.82, 2.24) is 9.97 Å². The average Bonchev–Trinajstić information content (AvgIpc) is 2.35. The van der Waals surface area contributed by atoms with Crippen LogP contribution in [0.1, 0.15) is 39.4 Å². The fourth-order valence-corrected chi connectivity index (χ4v) is 1.38. The third-order valence-corrected chi connectivity index (χ3v) is 2.40. The summed E-state index contributed by atoms with van der Waals surface area (Å²) in [7, 11) is 0. The summed E-state index contributed by atoms with van der Waals surface area (Å²) in [6.07, 6.45) is 2.72. The standard InChI is InChI=1S/C14H23N3O/c1-5-8-15-13-10-14(17-12(6-2)16-13)18-9-7-11(3)4/h10H,3,5-9H2,1-2,4H3,(H,15,16,17). The van der Waals surface area contributed by atoms with Gasteiger partial charge in [0.2, 0.25) is 5.88 Å². The van der Waals surface area contributed by atoms with Gasteiger partial charge in [-0.2, -0.15) is 4.98 Å². The van der Waals surface area contributed by atoms with Gasteiger partial charge >= 0.3 is 0 Å². The molecule has 0 aliphatic rings. The molecule has 0 saturated heterocycles. The van der Waals surface area contributed by atoms with Crippen LogP contribution in [0, 0.1) is 0 Å². The van der Waals surface area contributed by atoms with E-state index in [0.29, 0.717) is 12.5 Å². The highest BCUT2D eigenvalue weighted by Crippen LogP contribution is 2.14. The van der Waals surface area contributed by atoms with Gasteiger partial charge in [0.05, 0.1) is 6.61 Å². The van der Waals surface area contributed by atoms with Gasteiger partial charge in [-0.15, -0.1) is 6.58 Å². The fourth-order valence-electron chi connectivity index (χ4n) is 1.38. The lowest BCUT2D eigenvalue weighted by molar-refractivity contribution is 0.308. The predicted molar refractivity (Wildman–Crippen MR) is 75.1 cm³/mol. The molecule has 0 spiro atoms. The SMILES string of the molecule is C=C(C)CCOc1cc(NCCC)nc(CC)n1. The summed E-state index contributed by atoms with van der Waals surface area (Å²) >= 11 is 0. The number of nitrogens with zero attached hydrogens (tertiary/aromatic N) is 2. The van der Waals surface area contributed by atoms with Gasteiger partial charge in [0.25, 0.3) is 0 Å². The van der Waals surface area contributed by atoms with Crippen LogP contribution in [0.2, 0.25) is 0 Å². The second kappa shape index (κ2) is 7.69. The molecule has 1 rings (SSSR count). The number of hydrogen-bond donors (Lipinski definition) is 1. The lowest BCUT2D eigenvalue weighted by atomic mass is 10.3. The van der Waals surface area contributed by atoms with E-state index in [1.807, 2.05) is 19.9 Å². The Kier molecular flexibility index (Phi) is 6.19. The number of hydrogen-bond acceptors (Lipinski definition) is 4. The highest BCUT2D eigenvalue weighted by molar-refractivity contribution is 5.38. The zero-order chi connectivity index (χ0) is 13.4. The van der Waals surface area contributed by atoms with Crippen molar-refractivity contribution in [3.63, 3.8) is 0 Å². The average molecular weight is 249 g/mol. The van der Waals surface area contributed by atoms with Crippen LogP contribution in [0.4, 0.5) is 5.82 Å². The van der Waals surface area contributed by atoms with E-state index in [1.165, 1.54) is 0 Å². The van der Waals surface area contributed by atoms with Gasteiger partial charge < -0.3 is 10.1 Å². The van der Waals surface area contributed by atoms with Crippen LogP contribution in [0.25, 0.3) is 0 Å². The van der Waals surface area contributed by atoms with E-state index in [4.69, 9.17) is 4.74 Å². The molecule has 0 fully saturated rings. The number of anilines is 1. The lowest BCUT2D eigenvalue weighted by Gasteiger charge is -2.10. The predicted octanol–water partition coefficient (Wildman–Crippen LogP) is 3.21. The smallest absolute Gasteiger partial charge is 0.218 e. The molecule has 1 heterocycles. The summed E-state index contributed by atoms with van der Waals surface area (Å²) in [5.74, 6) is 2.29. The first kappa shape index (κ1) is 14.5. The Bertz CT molecular complexity index is 391. The largest absolute Gasteiger partial charge is 0.477 e. The summed E-state index contributed by atoms with van der Waals surface area (Å²) in [6.45, 7) is 11.5. The lowest BCUT2D eigenvalue weighted by Crippen LogP contribution is -2.07. The normalized spacial score (nSPS) is 10.2. The first-order valence-corrected chi connectivity index (χ1v) is 6.54. The number of ether oxygens (including phenoxy) is 1.